The predicted molar refractivity (Wildman–Crippen MR) is 125 cm³/mol. The van der Waals surface area contributed by atoms with Gasteiger partial charge in [-0.15, -0.1) is 0 Å². The molecule has 2 N–H and O–H groups in total. The van der Waals surface area contributed by atoms with Crippen LogP contribution in [-0.2, 0) is 4.79 Å². The van der Waals surface area contributed by atoms with Crippen LogP contribution in [0.15, 0.2) is 52.3 Å². The summed E-state index contributed by atoms with van der Waals surface area (Å²) in [5.74, 6) is 1.97. The molecule has 2 aromatic rings. The van der Waals surface area contributed by atoms with E-state index in [0.717, 1.165) is 33.9 Å². The second kappa shape index (κ2) is 10.6. The first-order valence-electron chi connectivity index (χ1n) is 9.84. The molecule has 152 valence electrons. The van der Waals surface area contributed by atoms with Crippen molar-refractivity contribution in [2.24, 2.45) is 0 Å². The van der Waals surface area contributed by atoms with Crippen molar-refractivity contribution >= 4 is 47.1 Å². The minimum Gasteiger partial charge on any atom is -0.352 e. The smallest absolute Gasteiger partial charge is 0.262 e. The lowest BCUT2D eigenvalue weighted by atomic mass is 10.1. The molecule has 1 aliphatic rings. The van der Waals surface area contributed by atoms with E-state index in [2.05, 4.69) is 17.6 Å². The molecule has 0 radical (unpaired) electrons. The summed E-state index contributed by atoms with van der Waals surface area (Å²) in [5.41, 5.74) is 3.41. The average molecular weight is 427 g/mol. The average Bonchev–Trinajstić information content (AvgIpc) is 2.70. The van der Waals surface area contributed by atoms with E-state index >= 15 is 0 Å². The summed E-state index contributed by atoms with van der Waals surface area (Å²) in [7, 11) is 0. The third-order valence-corrected chi connectivity index (χ3v) is 6.75. The fraction of sp³-hybridized carbons (Fsp3) is 0.304. The van der Waals surface area contributed by atoms with Gasteiger partial charge >= 0.3 is 0 Å². The Labute approximate surface area is 180 Å². The number of carbonyl (C=O) groups is 2. The van der Waals surface area contributed by atoms with Gasteiger partial charge in [-0.25, -0.2) is 0 Å². The zero-order chi connectivity index (χ0) is 20.6. The van der Waals surface area contributed by atoms with Gasteiger partial charge in [0.15, 0.2) is 0 Å². The van der Waals surface area contributed by atoms with Gasteiger partial charge in [-0.3, -0.25) is 9.59 Å². The maximum Gasteiger partial charge on any atom is 0.262 e. The van der Waals surface area contributed by atoms with Crippen molar-refractivity contribution in [2.45, 2.75) is 31.6 Å². The quantitative estimate of drug-likeness (QED) is 0.442. The molecule has 2 amide bonds. The lowest BCUT2D eigenvalue weighted by Crippen LogP contribution is -2.25. The topological polar surface area (TPSA) is 58.2 Å². The largest absolute Gasteiger partial charge is 0.352 e. The molecule has 0 bridgehead atoms. The first-order valence-corrected chi connectivity index (χ1v) is 11.8. The molecular weight excluding hydrogens is 400 g/mol. The normalized spacial score (nSPS) is 14.4. The number of amides is 2. The van der Waals surface area contributed by atoms with Gasteiger partial charge < -0.3 is 10.6 Å². The Balaban J connectivity index is 1.63. The molecule has 0 aliphatic carbocycles. The van der Waals surface area contributed by atoms with Gasteiger partial charge in [-0.05, 0) is 61.1 Å². The van der Waals surface area contributed by atoms with Crippen LogP contribution < -0.4 is 10.6 Å². The van der Waals surface area contributed by atoms with Crippen LogP contribution in [0.2, 0.25) is 0 Å². The number of aryl methyl sites for hydroxylation is 1. The van der Waals surface area contributed by atoms with Crippen LogP contribution in [0.25, 0.3) is 6.08 Å². The maximum absolute atomic E-state index is 12.5. The van der Waals surface area contributed by atoms with E-state index in [1.807, 2.05) is 61.2 Å². The summed E-state index contributed by atoms with van der Waals surface area (Å²) in [6.45, 7) is 4.86. The van der Waals surface area contributed by atoms with Crippen molar-refractivity contribution in [1.82, 2.24) is 5.32 Å². The highest BCUT2D eigenvalue weighted by Crippen LogP contribution is 2.39. The molecule has 29 heavy (non-hydrogen) atoms. The van der Waals surface area contributed by atoms with Crippen LogP contribution in [0.1, 0.15) is 41.3 Å². The van der Waals surface area contributed by atoms with Crippen LogP contribution >= 0.6 is 23.5 Å². The van der Waals surface area contributed by atoms with Crippen molar-refractivity contribution in [2.75, 3.05) is 23.4 Å². The monoisotopic (exact) mass is 426 g/mol. The predicted octanol–water partition coefficient (Wildman–Crippen LogP) is 5.34. The number of hydrogen-bond donors (Lipinski definition) is 2. The standard InChI is InChI=1S/C23H26N2O2S2/c1-3-11-28-12-5-10-24-22(26)18-8-9-20-19(15-18)25-23(27)21(29-20)14-17-7-4-6-16(2)13-17/h4,6-9,13-15H,3,5,10-12H2,1-2H3,(H,24,26)(H,25,27)/b21-14+. The van der Waals surface area contributed by atoms with E-state index in [1.54, 1.807) is 6.07 Å². The van der Waals surface area contributed by atoms with Gasteiger partial charge in [0.05, 0.1) is 10.6 Å². The molecule has 0 spiro atoms. The molecule has 0 fully saturated rings. The number of anilines is 1. The van der Waals surface area contributed by atoms with Gasteiger partial charge in [0, 0.05) is 17.0 Å². The van der Waals surface area contributed by atoms with Crippen molar-refractivity contribution in [3.63, 3.8) is 0 Å². The Morgan fingerprint density at radius 2 is 2.07 bits per heavy atom. The number of thioether (sulfide) groups is 2. The lowest BCUT2D eigenvalue weighted by molar-refractivity contribution is -0.112. The van der Waals surface area contributed by atoms with Crippen LogP contribution in [0.5, 0.6) is 0 Å². The van der Waals surface area contributed by atoms with Crippen LogP contribution in [-0.4, -0.2) is 29.9 Å². The van der Waals surface area contributed by atoms with E-state index in [9.17, 15) is 9.59 Å². The van der Waals surface area contributed by atoms with Gasteiger partial charge in [0.1, 0.15) is 0 Å². The molecule has 0 aromatic heterocycles. The third kappa shape index (κ3) is 6.15. The van der Waals surface area contributed by atoms with Crippen LogP contribution in [0, 0.1) is 6.92 Å². The lowest BCUT2D eigenvalue weighted by Gasteiger charge is -2.19. The summed E-state index contributed by atoms with van der Waals surface area (Å²) in [6, 6.07) is 13.5. The number of rotatable bonds is 8. The second-order valence-electron chi connectivity index (χ2n) is 6.91. The summed E-state index contributed by atoms with van der Waals surface area (Å²) in [4.78, 5) is 26.5. The van der Waals surface area contributed by atoms with Crippen molar-refractivity contribution in [3.05, 3.63) is 64.1 Å². The molecule has 0 saturated heterocycles. The zero-order valence-electron chi connectivity index (χ0n) is 16.8. The summed E-state index contributed by atoms with van der Waals surface area (Å²) < 4.78 is 0. The Hall–Kier alpha value is -2.18. The number of benzene rings is 2. The van der Waals surface area contributed by atoms with Gasteiger partial charge in [-0.2, -0.15) is 11.8 Å². The number of hydrogen-bond acceptors (Lipinski definition) is 4. The van der Waals surface area contributed by atoms with E-state index in [4.69, 9.17) is 0 Å². The number of nitrogens with one attached hydrogen (secondary N) is 2. The maximum atomic E-state index is 12.5. The third-order valence-electron chi connectivity index (χ3n) is 4.37. The molecule has 0 unspecified atom stereocenters. The molecule has 6 heteroatoms. The van der Waals surface area contributed by atoms with Crippen molar-refractivity contribution in [1.29, 1.82) is 0 Å². The van der Waals surface area contributed by atoms with E-state index in [1.165, 1.54) is 18.2 Å². The van der Waals surface area contributed by atoms with Gasteiger partial charge in [0.2, 0.25) is 0 Å². The van der Waals surface area contributed by atoms with E-state index < -0.39 is 0 Å². The van der Waals surface area contributed by atoms with Crippen molar-refractivity contribution < 1.29 is 9.59 Å². The van der Waals surface area contributed by atoms with Crippen molar-refractivity contribution in [3.8, 4) is 0 Å². The Kier molecular flexibility index (Phi) is 7.83. The Morgan fingerprint density at radius 3 is 2.86 bits per heavy atom. The molecule has 2 aromatic carbocycles. The fourth-order valence-corrected chi connectivity index (χ4v) is 4.71. The Morgan fingerprint density at radius 1 is 1.21 bits per heavy atom. The first-order chi connectivity index (χ1) is 14.1. The van der Waals surface area contributed by atoms with Gasteiger partial charge in [0.25, 0.3) is 11.8 Å². The number of fused-ring (bicyclic) bond motifs is 1. The minimum absolute atomic E-state index is 0.103. The second-order valence-corrected chi connectivity index (χ2v) is 9.22. The van der Waals surface area contributed by atoms with Gasteiger partial charge in [-0.1, -0.05) is 48.5 Å². The fourth-order valence-electron chi connectivity index (χ4n) is 2.94. The molecule has 0 atom stereocenters. The van der Waals surface area contributed by atoms with Crippen LogP contribution in [0.4, 0.5) is 5.69 Å². The van der Waals surface area contributed by atoms with Crippen LogP contribution in [0.3, 0.4) is 0 Å². The molecule has 1 heterocycles. The highest BCUT2D eigenvalue weighted by atomic mass is 32.2. The molecule has 4 nitrogen and oxygen atoms in total. The highest BCUT2D eigenvalue weighted by molar-refractivity contribution is 8.04. The summed E-state index contributed by atoms with van der Waals surface area (Å²) in [5, 5.41) is 5.88. The minimum atomic E-state index is -0.144. The summed E-state index contributed by atoms with van der Waals surface area (Å²) in [6.07, 6.45) is 4.03. The SMILES string of the molecule is CCCSCCCNC(=O)c1ccc2c(c1)NC(=O)/C(=C\c1cccc(C)c1)S2. The molecule has 3 rings (SSSR count). The summed E-state index contributed by atoms with van der Waals surface area (Å²) >= 11 is 3.34. The Bertz CT molecular complexity index is 925. The molecule has 0 saturated carbocycles. The molecule has 1 aliphatic heterocycles. The first kappa shape index (κ1) is 21.5. The zero-order valence-corrected chi connectivity index (χ0v) is 18.4. The number of carbonyl (C=O) groups excluding carboxylic acids is 2. The molecular formula is C23H26N2O2S2. The van der Waals surface area contributed by atoms with E-state index in [0.29, 0.717) is 22.7 Å². The van der Waals surface area contributed by atoms with E-state index in [-0.39, 0.29) is 11.8 Å². The highest BCUT2D eigenvalue weighted by Gasteiger charge is 2.22.